The molecule has 12 aromatic rings. The number of para-hydroxylation sites is 1. The molecule has 0 atom stereocenters. The van der Waals surface area contributed by atoms with Gasteiger partial charge in [0.25, 0.3) is 0 Å². The van der Waals surface area contributed by atoms with Gasteiger partial charge in [-0.15, -0.1) is 11.3 Å². The van der Waals surface area contributed by atoms with Crippen molar-refractivity contribution >= 4 is 91.9 Å². The van der Waals surface area contributed by atoms with Gasteiger partial charge in [0.05, 0.1) is 16.7 Å². The Kier molecular flexibility index (Phi) is 7.75. The van der Waals surface area contributed by atoms with Crippen LogP contribution in [0.5, 0.6) is 0 Å². The Bertz CT molecular complexity index is 3560. The monoisotopic (exact) mass is 768 g/mol. The smallest absolute Gasteiger partial charge is 0.0547 e. The minimum Gasteiger partial charge on any atom is -0.310 e. The fourth-order valence-electron chi connectivity index (χ4n) is 9.30. The second-order valence-electron chi connectivity index (χ2n) is 15.3. The van der Waals surface area contributed by atoms with Crippen LogP contribution in [-0.2, 0) is 0 Å². The summed E-state index contributed by atoms with van der Waals surface area (Å²) in [5, 5.41) is 10.0. The lowest BCUT2D eigenvalue weighted by Crippen LogP contribution is -2.10. The number of fused-ring (bicyclic) bond motifs is 8. The first-order valence-corrected chi connectivity index (χ1v) is 21.0. The Morgan fingerprint density at radius 1 is 0.356 bits per heavy atom. The lowest BCUT2D eigenvalue weighted by Gasteiger charge is -2.27. The quantitative estimate of drug-likeness (QED) is 0.164. The molecule has 0 bridgehead atoms. The summed E-state index contributed by atoms with van der Waals surface area (Å²) in [6.45, 7) is 0. The van der Waals surface area contributed by atoms with E-state index in [-0.39, 0.29) is 0 Å². The van der Waals surface area contributed by atoms with Crippen LogP contribution in [0.2, 0.25) is 0 Å². The summed E-state index contributed by atoms with van der Waals surface area (Å²) in [4.78, 5) is 2.42. The zero-order valence-electron chi connectivity index (χ0n) is 32.1. The molecule has 10 aromatic carbocycles. The van der Waals surface area contributed by atoms with Crippen LogP contribution in [0.1, 0.15) is 0 Å². The summed E-state index contributed by atoms with van der Waals surface area (Å²) in [6.07, 6.45) is 0. The number of rotatable bonds is 6. The van der Waals surface area contributed by atoms with E-state index < -0.39 is 0 Å². The molecule has 0 aliphatic rings. The maximum atomic E-state index is 2.45. The minimum atomic E-state index is 1.10. The van der Waals surface area contributed by atoms with Gasteiger partial charge >= 0.3 is 0 Å². The molecule has 0 saturated carbocycles. The van der Waals surface area contributed by atoms with E-state index in [0.717, 1.165) is 17.1 Å². The number of aromatic nitrogens is 1. The van der Waals surface area contributed by atoms with Gasteiger partial charge < -0.3 is 9.47 Å². The predicted molar refractivity (Wildman–Crippen MR) is 254 cm³/mol. The first-order valence-electron chi connectivity index (χ1n) is 20.2. The van der Waals surface area contributed by atoms with Crippen LogP contribution >= 0.6 is 11.3 Å². The van der Waals surface area contributed by atoms with Gasteiger partial charge in [0, 0.05) is 53.4 Å². The zero-order chi connectivity index (χ0) is 38.9. The molecule has 0 unspecified atom stereocenters. The summed E-state index contributed by atoms with van der Waals surface area (Å²) in [5.74, 6) is 0. The molecule has 0 radical (unpaired) electrons. The third-order valence-electron chi connectivity index (χ3n) is 12.0. The minimum absolute atomic E-state index is 1.10. The molecule has 0 amide bonds. The van der Waals surface area contributed by atoms with Crippen LogP contribution in [0.15, 0.2) is 218 Å². The number of thiophene rings is 1. The fraction of sp³-hybridized carbons (Fsp3) is 0. The van der Waals surface area contributed by atoms with E-state index in [1.165, 1.54) is 91.5 Å². The highest BCUT2D eigenvalue weighted by Crippen LogP contribution is 2.44. The largest absolute Gasteiger partial charge is 0.310 e. The van der Waals surface area contributed by atoms with Crippen LogP contribution in [-0.4, -0.2) is 4.57 Å². The van der Waals surface area contributed by atoms with E-state index in [1.807, 2.05) is 11.3 Å². The van der Waals surface area contributed by atoms with Crippen molar-refractivity contribution in [2.45, 2.75) is 0 Å². The molecular formula is C56H36N2S. The van der Waals surface area contributed by atoms with Crippen LogP contribution in [0, 0.1) is 0 Å². The normalized spacial score (nSPS) is 11.7. The number of hydrogen-bond donors (Lipinski definition) is 0. The van der Waals surface area contributed by atoms with Gasteiger partial charge in [-0.3, -0.25) is 0 Å². The first-order chi connectivity index (χ1) is 29.3. The third kappa shape index (κ3) is 5.47. The molecule has 2 heterocycles. The molecule has 0 saturated heterocycles. The van der Waals surface area contributed by atoms with Crippen LogP contribution < -0.4 is 4.90 Å². The summed E-state index contributed by atoms with van der Waals surface area (Å²) in [7, 11) is 0. The Morgan fingerprint density at radius 2 is 0.983 bits per heavy atom. The average Bonchev–Trinajstić information content (AvgIpc) is 3.85. The van der Waals surface area contributed by atoms with Crippen molar-refractivity contribution in [3.8, 4) is 27.9 Å². The summed E-state index contributed by atoms with van der Waals surface area (Å²) in [5.41, 5.74) is 11.8. The fourth-order valence-corrected chi connectivity index (χ4v) is 10.4. The van der Waals surface area contributed by atoms with E-state index in [0.29, 0.717) is 0 Å². The van der Waals surface area contributed by atoms with E-state index in [9.17, 15) is 0 Å². The molecule has 3 heteroatoms. The highest BCUT2D eigenvalue weighted by Gasteiger charge is 2.20. The van der Waals surface area contributed by atoms with Crippen LogP contribution in [0.3, 0.4) is 0 Å². The van der Waals surface area contributed by atoms with E-state index >= 15 is 0 Å². The number of anilines is 3. The standard InChI is InChI=1S/C56H36N2S/c1-3-19-44-37(13-1)15-10-23-45(44)39-29-31-41(32-30-39)57(51-26-11-16-38-14-2-4-20-46(38)51)42-18-9-17-40(35-42)47-24-12-27-53-56(47)49-22-5-7-25-52(49)58(53)43-33-34-55-50(36-43)48-21-6-8-28-54(48)59-55/h1-36H. The van der Waals surface area contributed by atoms with Crippen LogP contribution in [0.4, 0.5) is 17.1 Å². The molecule has 0 aliphatic carbocycles. The summed E-state index contributed by atoms with van der Waals surface area (Å²) in [6, 6.07) is 80.0. The number of nitrogens with zero attached hydrogens (tertiary/aromatic N) is 2. The van der Waals surface area contributed by atoms with Gasteiger partial charge in [-0.25, -0.2) is 0 Å². The number of hydrogen-bond acceptors (Lipinski definition) is 2. The van der Waals surface area contributed by atoms with Gasteiger partial charge in [-0.1, -0.05) is 152 Å². The van der Waals surface area contributed by atoms with Crippen molar-refractivity contribution < 1.29 is 0 Å². The summed E-state index contributed by atoms with van der Waals surface area (Å²) < 4.78 is 5.08. The van der Waals surface area contributed by atoms with Crippen molar-refractivity contribution in [3.05, 3.63) is 218 Å². The highest BCUT2D eigenvalue weighted by atomic mass is 32.1. The zero-order valence-corrected chi connectivity index (χ0v) is 32.9. The topological polar surface area (TPSA) is 8.17 Å². The van der Waals surface area contributed by atoms with Crippen molar-refractivity contribution in [1.29, 1.82) is 0 Å². The van der Waals surface area contributed by atoms with Gasteiger partial charge in [0.15, 0.2) is 0 Å². The third-order valence-corrected chi connectivity index (χ3v) is 13.1. The lowest BCUT2D eigenvalue weighted by molar-refractivity contribution is 1.19. The van der Waals surface area contributed by atoms with Crippen molar-refractivity contribution in [2.24, 2.45) is 0 Å². The number of benzene rings is 10. The molecule has 0 aliphatic heterocycles. The van der Waals surface area contributed by atoms with Gasteiger partial charge in [0.1, 0.15) is 0 Å². The van der Waals surface area contributed by atoms with Crippen molar-refractivity contribution in [3.63, 3.8) is 0 Å². The maximum absolute atomic E-state index is 2.45. The second-order valence-corrected chi connectivity index (χ2v) is 16.4. The van der Waals surface area contributed by atoms with Crippen molar-refractivity contribution in [1.82, 2.24) is 4.57 Å². The van der Waals surface area contributed by atoms with Crippen molar-refractivity contribution in [2.75, 3.05) is 4.90 Å². The SMILES string of the molecule is c1cc(-c2cccc3c2c2ccccc2n3-c2ccc3sc4ccccc4c3c2)cc(N(c2ccc(-c3cccc4ccccc34)cc2)c2cccc3ccccc23)c1. The molecule has 0 N–H and O–H groups in total. The highest BCUT2D eigenvalue weighted by molar-refractivity contribution is 7.25. The molecule has 2 aromatic heterocycles. The maximum Gasteiger partial charge on any atom is 0.0547 e. The molecule has 12 rings (SSSR count). The van der Waals surface area contributed by atoms with E-state index in [4.69, 9.17) is 0 Å². The van der Waals surface area contributed by atoms with Gasteiger partial charge in [-0.2, -0.15) is 0 Å². The Labute approximate surface area is 346 Å². The van der Waals surface area contributed by atoms with E-state index in [1.54, 1.807) is 0 Å². The van der Waals surface area contributed by atoms with Gasteiger partial charge in [-0.05, 0) is 105 Å². The van der Waals surface area contributed by atoms with Gasteiger partial charge in [0.2, 0.25) is 0 Å². The molecule has 276 valence electrons. The Morgan fingerprint density at radius 3 is 1.85 bits per heavy atom. The molecule has 0 fully saturated rings. The summed E-state index contributed by atoms with van der Waals surface area (Å²) >= 11 is 1.86. The molecule has 59 heavy (non-hydrogen) atoms. The first kappa shape index (κ1) is 33.7. The predicted octanol–water partition coefficient (Wildman–Crippen LogP) is 16.3. The molecular weight excluding hydrogens is 733 g/mol. The van der Waals surface area contributed by atoms with Crippen LogP contribution in [0.25, 0.3) is 91.5 Å². The molecule has 0 spiro atoms. The Hall–Kier alpha value is -7.46. The van der Waals surface area contributed by atoms with E-state index in [2.05, 4.69) is 228 Å². The average molecular weight is 769 g/mol. The lowest BCUT2D eigenvalue weighted by atomic mass is 9.97. The second kappa shape index (κ2) is 13.6. The Balaban J connectivity index is 1.03. The molecule has 2 nitrogen and oxygen atoms in total.